The van der Waals surface area contributed by atoms with Crippen LogP contribution < -0.4 is 0 Å². The summed E-state index contributed by atoms with van der Waals surface area (Å²) < 4.78 is 5.00. The first-order valence-corrected chi connectivity index (χ1v) is 5.56. The number of rotatable bonds is 3. The highest BCUT2D eigenvalue weighted by molar-refractivity contribution is 7.69. The van der Waals surface area contributed by atoms with Gasteiger partial charge in [0.1, 0.15) is 0 Å². The van der Waals surface area contributed by atoms with E-state index >= 15 is 0 Å². The molecule has 0 amide bonds. The smallest absolute Gasteiger partial charge is 0.0617 e. The van der Waals surface area contributed by atoms with Crippen molar-refractivity contribution in [3.63, 3.8) is 0 Å². The van der Waals surface area contributed by atoms with Crippen LogP contribution in [0.4, 0.5) is 0 Å². The molecule has 12 heavy (non-hydrogen) atoms. The summed E-state index contributed by atoms with van der Waals surface area (Å²) >= 11 is 1.22. The van der Waals surface area contributed by atoms with Crippen molar-refractivity contribution in [2.75, 3.05) is 0 Å². The molecule has 0 heterocycles. The Labute approximate surface area is 81.1 Å². The van der Waals surface area contributed by atoms with Crippen molar-refractivity contribution in [2.24, 2.45) is 4.36 Å². The molecule has 0 N–H and O–H groups in total. The molecular weight excluding hydrogens is 166 g/mol. The number of thiol groups is 1. The molecule has 0 radical (unpaired) electrons. The zero-order valence-electron chi connectivity index (χ0n) is 9.31. The van der Waals surface area contributed by atoms with E-state index in [4.69, 9.17) is 0 Å². The van der Waals surface area contributed by atoms with Crippen LogP contribution in [-0.2, 0) is 11.6 Å². The summed E-state index contributed by atoms with van der Waals surface area (Å²) in [5.74, 6) is 0. The third-order valence-corrected chi connectivity index (χ3v) is 2.72. The van der Waals surface area contributed by atoms with Crippen LogP contribution in [0.3, 0.4) is 0 Å². The number of hydrogen-bond donors (Lipinski definition) is 1. The molecule has 74 valence electrons. The zero-order valence-corrected chi connectivity index (χ0v) is 10.2. The van der Waals surface area contributed by atoms with Crippen molar-refractivity contribution in [2.45, 2.75) is 64.7 Å². The van der Waals surface area contributed by atoms with Gasteiger partial charge in [-0.3, -0.25) is 4.36 Å². The third kappa shape index (κ3) is 6.84. The molecule has 0 unspecified atom stereocenters. The van der Waals surface area contributed by atoms with E-state index in [1.165, 1.54) is 24.4 Å². The summed E-state index contributed by atoms with van der Waals surface area (Å²) in [6, 6.07) is 0. The van der Waals surface area contributed by atoms with Gasteiger partial charge in [0.15, 0.2) is 0 Å². The minimum atomic E-state index is 0.170. The quantitative estimate of drug-likeness (QED) is 0.654. The van der Waals surface area contributed by atoms with Gasteiger partial charge >= 0.3 is 0 Å². The minimum Gasteiger partial charge on any atom is -0.261 e. The van der Waals surface area contributed by atoms with Crippen LogP contribution in [0.15, 0.2) is 4.36 Å². The zero-order chi connectivity index (χ0) is 9.83. The number of nitrogens with zero attached hydrogens (tertiary/aromatic N) is 1. The lowest BCUT2D eigenvalue weighted by Crippen LogP contribution is -2.19. The van der Waals surface area contributed by atoms with Crippen molar-refractivity contribution >= 4 is 11.6 Å². The first-order valence-electron chi connectivity index (χ1n) is 4.71. The Kier molecular flexibility index (Phi) is 4.46. The summed E-state index contributed by atoms with van der Waals surface area (Å²) in [5, 5.41) is 0. The lowest BCUT2D eigenvalue weighted by atomic mass is 10.0. The third-order valence-electron chi connectivity index (χ3n) is 1.48. The van der Waals surface area contributed by atoms with Crippen molar-refractivity contribution in [1.29, 1.82) is 0 Å². The molecule has 0 saturated carbocycles. The van der Waals surface area contributed by atoms with Crippen molar-refractivity contribution in [3.8, 4) is 0 Å². The highest BCUT2D eigenvalue weighted by Crippen LogP contribution is 2.18. The molecule has 0 atom stereocenters. The highest BCUT2D eigenvalue weighted by atomic mass is 32.1. The second-order valence-electron chi connectivity index (χ2n) is 4.93. The fourth-order valence-electron chi connectivity index (χ4n) is 0.947. The van der Waals surface area contributed by atoms with Crippen LogP contribution in [0.25, 0.3) is 0 Å². The van der Waals surface area contributed by atoms with Gasteiger partial charge in [-0.25, -0.2) is 0 Å². The van der Waals surface area contributed by atoms with Crippen molar-refractivity contribution in [3.05, 3.63) is 0 Å². The van der Waals surface area contributed by atoms with Crippen molar-refractivity contribution < 1.29 is 0 Å². The molecule has 2 heteroatoms. The van der Waals surface area contributed by atoms with E-state index < -0.39 is 0 Å². The SMILES string of the molecule is CCCC(C)(C)/N=[SH]/C(C)(C)C. The lowest BCUT2D eigenvalue weighted by molar-refractivity contribution is 0.479. The first-order chi connectivity index (χ1) is 5.27. The lowest BCUT2D eigenvalue weighted by Gasteiger charge is -2.21. The normalized spacial score (nSPS) is 14.8. The van der Waals surface area contributed by atoms with Gasteiger partial charge in [-0.1, -0.05) is 34.1 Å². The maximum atomic E-state index is 4.69. The van der Waals surface area contributed by atoms with Crippen molar-refractivity contribution in [1.82, 2.24) is 0 Å². The van der Waals surface area contributed by atoms with Gasteiger partial charge in [0.25, 0.3) is 0 Å². The Balaban J connectivity index is 4.13. The van der Waals surface area contributed by atoms with E-state index in [2.05, 4.69) is 45.9 Å². The van der Waals surface area contributed by atoms with E-state index in [-0.39, 0.29) is 5.54 Å². The average Bonchev–Trinajstić information content (AvgIpc) is 1.83. The minimum absolute atomic E-state index is 0.170. The van der Waals surface area contributed by atoms with Gasteiger partial charge in [-0.2, -0.15) is 0 Å². The first kappa shape index (κ1) is 12.2. The Morgan fingerprint density at radius 1 is 1.08 bits per heavy atom. The van der Waals surface area contributed by atoms with Gasteiger partial charge < -0.3 is 0 Å². The maximum absolute atomic E-state index is 4.69. The van der Waals surface area contributed by atoms with E-state index in [1.807, 2.05) is 0 Å². The molecule has 0 aromatic carbocycles. The number of hydrogen-bond acceptors (Lipinski definition) is 1. The van der Waals surface area contributed by atoms with Gasteiger partial charge in [0.2, 0.25) is 0 Å². The standard InChI is InChI=1S/C10H23NS/c1-7-8-10(5,6)11-12-9(2,3)4/h12H,7-8H2,1-6H3. The fourth-order valence-corrected chi connectivity index (χ4v) is 1.62. The Hall–Kier alpha value is 0.150. The monoisotopic (exact) mass is 189 g/mol. The molecule has 0 aromatic heterocycles. The molecule has 0 aliphatic heterocycles. The molecular formula is C10H23NS. The summed E-state index contributed by atoms with van der Waals surface area (Å²) in [6.07, 6.45) is 2.41. The van der Waals surface area contributed by atoms with Gasteiger partial charge in [0, 0.05) is 4.75 Å². The van der Waals surface area contributed by atoms with Crippen LogP contribution in [0.1, 0.15) is 54.4 Å². The van der Waals surface area contributed by atoms with E-state index in [9.17, 15) is 0 Å². The molecule has 0 bridgehead atoms. The Morgan fingerprint density at radius 2 is 1.58 bits per heavy atom. The van der Waals surface area contributed by atoms with Crippen LogP contribution in [0.2, 0.25) is 0 Å². The maximum Gasteiger partial charge on any atom is 0.0617 e. The second kappa shape index (κ2) is 4.40. The van der Waals surface area contributed by atoms with E-state index in [0.29, 0.717) is 4.75 Å². The molecule has 0 aliphatic rings. The van der Waals surface area contributed by atoms with Gasteiger partial charge in [-0.05, 0) is 20.3 Å². The van der Waals surface area contributed by atoms with Gasteiger partial charge in [-0.15, -0.1) is 11.6 Å². The highest BCUT2D eigenvalue weighted by Gasteiger charge is 2.15. The van der Waals surface area contributed by atoms with Crippen LogP contribution in [0, 0.1) is 0 Å². The molecule has 0 fully saturated rings. The summed E-state index contributed by atoms with van der Waals surface area (Å²) in [4.78, 5) is 0. The van der Waals surface area contributed by atoms with Crippen LogP contribution in [0.5, 0.6) is 0 Å². The van der Waals surface area contributed by atoms with Gasteiger partial charge in [0.05, 0.1) is 5.54 Å². The largest absolute Gasteiger partial charge is 0.261 e. The van der Waals surface area contributed by atoms with Crippen LogP contribution >= 0.6 is 0 Å². The fraction of sp³-hybridized carbons (Fsp3) is 1.00. The molecule has 0 rings (SSSR count). The van der Waals surface area contributed by atoms with Crippen LogP contribution in [-0.4, -0.2) is 10.3 Å². The summed E-state index contributed by atoms with van der Waals surface area (Å²) in [5.41, 5.74) is 0.170. The molecule has 1 nitrogen and oxygen atoms in total. The summed E-state index contributed by atoms with van der Waals surface area (Å²) in [7, 11) is 0. The molecule has 0 aromatic rings. The molecule has 0 saturated heterocycles. The second-order valence-corrected chi connectivity index (χ2v) is 6.67. The predicted octanol–water partition coefficient (Wildman–Crippen LogP) is 3.36. The summed E-state index contributed by atoms with van der Waals surface area (Å²) in [6.45, 7) is 13.3. The Bertz CT molecular complexity index is 154. The predicted molar refractivity (Wildman–Crippen MR) is 59.9 cm³/mol. The Morgan fingerprint density at radius 3 is 1.92 bits per heavy atom. The molecule has 0 spiro atoms. The topological polar surface area (TPSA) is 12.4 Å². The van der Waals surface area contributed by atoms with E-state index in [0.717, 1.165) is 0 Å². The molecule has 0 aliphatic carbocycles. The average molecular weight is 189 g/mol. The van der Waals surface area contributed by atoms with E-state index in [1.54, 1.807) is 0 Å².